The number of halogens is 2. The summed E-state index contributed by atoms with van der Waals surface area (Å²) in [5, 5.41) is 12.0. The molecule has 2 N–H and O–H groups in total. The van der Waals surface area contributed by atoms with Crippen molar-refractivity contribution in [2.24, 2.45) is 0 Å². The van der Waals surface area contributed by atoms with Gasteiger partial charge < -0.3 is 9.84 Å². The number of hydrogen-bond donors (Lipinski definition) is 2. The number of rotatable bonds is 3. The third kappa shape index (κ3) is 3.79. The van der Waals surface area contributed by atoms with Gasteiger partial charge in [-0.25, -0.2) is 4.79 Å². The third-order valence-electron chi connectivity index (χ3n) is 2.47. The van der Waals surface area contributed by atoms with Crippen molar-refractivity contribution in [1.29, 1.82) is 0 Å². The van der Waals surface area contributed by atoms with Crippen molar-refractivity contribution >= 4 is 35.0 Å². The first-order valence-electron chi connectivity index (χ1n) is 5.72. The number of benzene rings is 2. The van der Waals surface area contributed by atoms with E-state index < -0.39 is 6.09 Å². The molecule has 104 valence electrons. The molecular formula is C14H11Cl2NO3. The van der Waals surface area contributed by atoms with Crippen LogP contribution < -0.4 is 5.32 Å². The van der Waals surface area contributed by atoms with Gasteiger partial charge in [0.2, 0.25) is 0 Å². The second-order valence-electron chi connectivity index (χ2n) is 3.97. The van der Waals surface area contributed by atoms with Gasteiger partial charge in [0.05, 0.1) is 15.7 Å². The number of anilines is 1. The quantitative estimate of drug-likeness (QED) is 0.823. The normalized spacial score (nSPS) is 10.1. The molecule has 0 spiro atoms. The first kappa shape index (κ1) is 14.5. The summed E-state index contributed by atoms with van der Waals surface area (Å²) in [5.74, 6) is -0.0804. The maximum atomic E-state index is 11.7. The Balaban J connectivity index is 1.98. The topological polar surface area (TPSA) is 58.6 Å². The van der Waals surface area contributed by atoms with Gasteiger partial charge in [-0.2, -0.15) is 0 Å². The Morgan fingerprint density at radius 2 is 1.75 bits per heavy atom. The van der Waals surface area contributed by atoms with Crippen molar-refractivity contribution in [3.8, 4) is 5.75 Å². The van der Waals surface area contributed by atoms with Crippen molar-refractivity contribution in [2.75, 3.05) is 5.32 Å². The molecule has 2 aromatic carbocycles. The Hall–Kier alpha value is -1.91. The van der Waals surface area contributed by atoms with Crippen molar-refractivity contribution in [1.82, 2.24) is 0 Å². The van der Waals surface area contributed by atoms with Crippen molar-refractivity contribution in [2.45, 2.75) is 6.61 Å². The van der Waals surface area contributed by atoms with Crippen LogP contribution in [0.3, 0.4) is 0 Å². The van der Waals surface area contributed by atoms with Gasteiger partial charge in [0.25, 0.3) is 0 Å². The lowest BCUT2D eigenvalue weighted by Crippen LogP contribution is -2.14. The summed E-state index contributed by atoms with van der Waals surface area (Å²) in [5.41, 5.74) is 1.06. The summed E-state index contributed by atoms with van der Waals surface area (Å²) in [7, 11) is 0. The molecule has 0 aliphatic heterocycles. The Bertz CT molecular complexity index is 594. The Morgan fingerprint density at radius 1 is 1.15 bits per heavy atom. The highest BCUT2D eigenvalue weighted by Crippen LogP contribution is 2.34. The van der Waals surface area contributed by atoms with Gasteiger partial charge in [-0.3, -0.25) is 5.32 Å². The number of phenolic OH excluding ortho intramolecular Hbond substituents is 1. The molecule has 0 aromatic heterocycles. The monoisotopic (exact) mass is 311 g/mol. The van der Waals surface area contributed by atoms with Crippen LogP contribution in [-0.4, -0.2) is 11.2 Å². The summed E-state index contributed by atoms with van der Waals surface area (Å²) in [6, 6.07) is 11.8. The van der Waals surface area contributed by atoms with Crippen LogP contribution >= 0.6 is 23.2 Å². The van der Waals surface area contributed by atoms with Gasteiger partial charge >= 0.3 is 6.09 Å². The van der Waals surface area contributed by atoms with E-state index in [1.54, 1.807) is 0 Å². The molecule has 1 amide bonds. The predicted molar refractivity (Wildman–Crippen MR) is 78.4 cm³/mol. The molecule has 0 saturated heterocycles. The second-order valence-corrected chi connectivity index (χ2v) is 4.79. The van der Waals surface area contributed by atoms with E-state index in [-0.39, 0.29) is 28.1 Å². The number of aromatic hydroxyl groups is 1. The van der Waals surface area contributed by atoms with Crippen LogP contribution in [0.25, 0.3) is 0 Å². The zero-order valence-electron chi connectivity index (χ0n) is 10.3. The first-order chi connectivity index (χ1) is 9.56. The lowest BCUT2D eigenvalue weighted by molar-refractivity contribution is 0.155. The van der Waals surface area contributed by atoms with Crippen LogP contribution in [0.1, 0.15) is 5.56 Å². The smallest absolute Gasteiger partial charge is 0.412 e. The minimum Gasteiger partial charge on any atom is -0.508 e. The fourth-order valence-corrected chi connectivity index (χ4v) is 2.11. The van der Waals surface area contributed by atoms with E-state index in [1.807, 2.05) is 30.3 Å². The number of carbonyl (C=O) groups is 1. The van der Waals surface area contributed by atoms with Gasteiger partial charge in [0.1, 0.15) is 12.4 Å². The molecule has 6 heteroatoms. The molecule has 0 fully saturated rings. The Labute approximate surface area is 125 Å². The number of nitrogens with one attached hydrogen (secondary N) is 1. The number of amides is 1. The molecule has 2 aromatic rings. The Kier molecular flexibility index (Phi) is 4.71. The summed E-state index contributed by atoms with van der Waals surface area (Å²) in [4.78, 5) is 11.7. The molecule has 20 heavy (non-hydrogen) atoms. The number of phenols is 1. The van der Waals surface area contributed by atoms with E-state index in [0.29, 0.717) is 0 Å². The van der Waals surface area contributed by atoms with Crippen LogP contribution in [0.5, 0.6) is 5.75 Å². The van der Waals surface area contributed by atoms with E-state index in [2.05, 4.69) is 5.32 Å². The molecule has 0 aliphatic rings. The molecule has 0 heterocycles. The average molecular weight is 312 g/mol. The Morgan fingerprint density at radius 3 is 2.35 bits per heavy atom. The first-order valence-corrected chi connectivity index (χ1v) is 6.47. The summed E-state index contributed by atoms with van der Waals surface area (Å²) in [6.45, 7) is 0.139. The largest absolute Gasteiger partial charge is 0.508 e. The molecule has 0 atom stereocenters. The molecule has 0 radical (unpaired) electrons. The lowest BCUT2D eigenvalue weighted by Gasteiger charge is -2.10. The SMILES string of the molecule is O=C(Nc1c(Cl)cc(O)cc1Cl)OCc1ccccc1. The van der Waals surface area contributed by atoms with Crippen LogP contribution in [-0.2, 0) is 11.3 Å². The van der Waals surface area contributed by atoms with Gasteiger partial charge in [-0.05, 0) is 5.56 Å². The molecule has 4 nitrogen and oxygen atoms in total. The number of ether oxygens (including phenoxy) is 1. The molecule has 0 unspecified atom stereocenters. The molecule has 0 bridgehead atoms. The van der Waals surface area contributed by atoms with Gasteiger partial charge in [0, 0.05) is 12.1 Å². The highest BCUT2D eigenvalue weighted by atomic mass is 35.5. The fourth-order valence-electron chi connectivity index (χ4n) is 1.54. The fraction of sp³-hybridized carbons (Fsp3) is 0.0714. The number of carbonyl (C=O) groups excluding carboxylic acids is 1. The summed E-state index contributed by atoms with van der Waals surface area (Å²) < 4.78 is 5.04. The van der Waals surface area contributed by atoms with Gasteiger partial charge in [0.15, 0.2) is 0 Å². The highest BCUT2D eigenvalue weighted by Gasteiger charge is 2.12. The van der Waals surface area contributed by atoms with Gasteiger partial charge in [-0.1, -0.05) is 53.5 Å². The molecule has 0 aliphatic carbocycles. The molecule has 2 rings (SSSR count). The maximum Gasteiger partial charge on any atom is 0.412 e. The van der Waals surface area contributed by atoms with Crippen LogP contribution in [0.15, 0.2) is 42.5 Å². The second kappa shape index (κ2) is 6.50. The van der Waals surface area contributed by atoms with Crippen molar-refractivity contribution in [3.05, 3.63) is 58.1 Å². The average Bonchev–Trinajstić information content (AvgIpc) is 2.42. The van der Waals surface area contributed by atoms with E-state index in [9.17, 15) is 9.90 Å². The van der Waals surface area contributed by atoms with Crippen LogP contribution in [0, 0.1) is 0 Å². The van der Waals surface area contributed by atoms with E-state index in [1.165, 1.54) is 12.1 Å². The van der Waals surface area contributed by atoms with Gasteiger partial charge in [-0.15, -0.1) is 0 Å². The summed E-state index contributed by atoms with van der Waals surface area (Å²) >= 11 is 11.8. The minimum atomic E-state index is -0.677. The lowest BCUT2D eigenvalue weighted by atomic mass is 10.2. The highest BCUT2D eigenvalue weighted by molar-refractivity contribution is 6.39. The van der Waals surface area contributed by atoms with Crippen LogP contribution in [0.2, 0.25) is 10.0 Å². The number of hydrogen-bond acceptors (Lipinski definition) is 3. The molecule has 0 saturated carbocycles. The minimum absolute atomic E-state index is 0.0804. The maximum absolute atomic E-state index is 11.7. The predicted octanol–water partition coefficient (Wildman–Crippen LogP) is 4.45. The van der Waals surface area contributed by atoms with Crippen molar-refractivity contribution in [3.63, 3.8) is 0 Å². The zero-order chi connectivity index (χ0) is 14.5. The molecular weight excluding hydrogens is 301 g/mol. The zero-order valence-corrected chi connectivity index (χ0v) is 11.8. The van der Waals surface area contributed by atoms with E-state index >= 15 is 0 Å². The van der Waals surface area contributed by atoms with Crippen LogP contribution in [0.4, 0.5) is 10.5 Å². The van der Waals surface area contributed by atoms with E-state index in [0.717, 1.165) is 5.56 Å². The third-order valence-corrected chi connectivity index (χ3v) is 3.06. The van der Waals surface area contributed by atoms with E-state index in [4.69, 9.17) is 27.9 Å². The standard InChI is InChI=1S/C14H11Cl2NO3/c15-11-6-10(18)7-12(16)13(11)17-14(19)20-8-9-4-2-1-3-5-9/h1-7,18H,8H2,(H,17,19). The van der Waals surface area contributed by atoms with Crippen molar-refractivity contribution < 1.29 is 14.6 Å². The summed E-state index contributed by atoms with van der Waals surface area (Å²) in [6.07, 6.45) is -0.677.